The largest absolute Gasteiger partial charge is 0.463 e. The van der Waals surface area contributed by atoms with Gasteiger partial charge in [0.25, 0.3) is 5.60 Å². The third-order valence-corrected chi connectivity index (χ3v) is 3.37. The van der Waals surface area contributed by atoms with Crippen LogP contribution in [0.1, 0.15) is 25.8 Å². The van der Waals surface area contributed by atoms with Crippen LogP contribution in [0.25, 0.3) is 0 Å². The van der Waals surface area contributed by atoms with Crippen LogP contribution in [0.3, 0.4) is 0 Å². The Balaban J connectivity index is 3.17. The van der Waals surface area contributed by atoms with E-state index in [0.29, 0.717) is 6.42 Å². The topological polar surface area (TPSA) is 35.5 Å². The summed E-state index contributed by atoms with van der Waals surface area (Å²) in [4.78, 5) is 12.1. The summed E-state index contributed by atoms with van der Waals surface area (Å²) in [6.45, 7) is 3.57. The maximum absolute atomic E-state index is 13.5. The summed E-state index contributed by atoms with van der Waals surface area (Å²) in [5.74, 6) is -1.46. The first-order chi connectivity index (χ1) is 9.79. The summed E-state index contributed by atoms with van der Waals surface area (Å²) in [6, 6.07) is 6.78. The molecule has 0 spiro atoms. The number of rotatable bonds is 6. The molecule has 0 amide bonds. The molecule has 6 heteroatoms. The molecule has 0 unspecified atom stereocenters. The highest BCUT2D eigenvalue weighted by Gasteiger charge is 2.64. The second kappa shape index (κ2) is 6.93. The summed E-state index contributed by atoms with van der Waals surface area (Å²) in [6.07, 6.45) is -4.22. The summed E-state index contributed by atoms with van der Waals surface area (Å²) in [7, 11) is 0.852. The molecule has 0 heterocycles. The van der Waals surface area contributed by atoms with Crippen LogP contribution < -0.4 is 0 Å². The maximum Gasteiger partial charge on any atom is 0.432 e. The number of methoxy groups -OCH3 is 1. The van der Waals surface area contributed by atoms with Gasteiger partial charge in [-0.05, 0) is 5.92 Å². The highest BCUT2D eigenvalue weighted by atomic mass is 19.4. The molecule has 0 saturated carbocycles. The standard InChI is InChI=1S/C15H19F3O3/c1-4-11(2)10-21-13(19)14(20-3,15(16,17)18)12-8-6-5-7-9-12/h5-9,11H,4,10H2,1-3H3/t11-,14+/m0/s1. The second-order valence-corrected chi connectivity index (χ2v) is 4.86. The van der Waals surface area contributed by atoms with Crippen molar-refractivity contribution in [3.63, 3.8) is 0 Å². The van der Waals surface area contributed by atoms with Crippen LogP contribution in [-0.2, 0) is 19.9 Å². The molecule has 0 bridgehead atoms. The fourth-order valence-corrected chi connectivity index (χ4v) is 1.82. The van der Waals surface area contributed by atoms with E-state index < -0.39 is 17.7 Å². The molecule has 0 aliphatic heterocycles. The van der Waals surface area contributed by atoms with Crippen LogP contribution >= 0.6 is 0 Å². The zero-order valence-corrected chi connectivity index (χ0v) is 12.2. The van der Waals surface area contributed by atoms with E-state index in [1.165, 1.54) is 24.3 Å². The van der Waals surface area contributed by atoms with Gasteiger partial charge in [0.15, 0.2) is 0 Å². The van der Waals surface area contributed by atoms with Crippen molar-refractivity contribution in [3.05, 3.63) is 35.9 Å². The van der Waals surface area contributed by atoms with Crippen molar-refractivity contribution in [2.45, 2.75) is 32.0 Å². The number of carbonyl (C=O) groups is 1. The Labute approximate surface area is 122 Å². The molecule has 1 rings (SSSR count). The van der Waals surface area contributed by atoms with Crippen molar-refractivity contribution >= 4 is 5.97 Å². The van der Waals surface area contributed by atoms with E-state index in [9.17, 15) is 18.0 Å². The predicted molar refractivity (Wildman–Crippen MR) is 71.6 cm³/mol. The third kappa shape index (κ3) is 3.56. The average molecular weight is 304 g/mol. The van der Waals surface area contributed by atoms with Crippen molar-refractivity contribution in [1.29, 1.82) is 0 Å². The van der Waals surface area contributed by atoms with Gasteiger partial charge in [-0.1, -0.05) is 50.6 Å². The Bertz CT molecular complexity index is 459. The lowest BCUT2D eigenvalue weighted by atomic mass is 9.92. The first kappa shape index (κ1) is 17.5. The summed E-state index contributed by atoms with van der Waals surface area (Å²) < 4.78 is 49.9. The predicted octanol–water partition coefficient (Wildman–Crippen LogP) is 3.68. The van der Waals surface area contributed by atoms with Crippen LogP contribution in [-0.4, -0.2) is 25.9 Å². The van der Waals surface area contributed by atoms with E-state index in [-0.39, 0.29) is 18.1 Å². The molecule has 0 saturated heterocycles. The van der Waals surface area contributed by atoms with Crippen molar-refractivity contribution in [3.8, 4) is 0 Å². The van der Waals surface area contributed by atoms with Gasteiger partial charge in [0.05, 0.1) is 6.61 Å². The molecule has 0 fully saturated rings. The molecule has 0 N–H and O–H groups in total. The average Bonchev–Trinajstić information content (AvgIpc) is 2.45. The highest BCUT2D eigenvalue weighted by molar-refractivity contribution is 5.82. The Morgan fingerprint density at radius 1 is 1.24 bits per heavy atom. The molecule has 1 aromatic carbocycles. The lowest BCUT2D eigenvalue weighted by molar-refractivity contribution is -0.276. The van der Waals surface area contributed by atoms with Gasteiger partial charge in [-0.3, -0.25) is 0 Å². The molecular weight excluding hydrogens is 285 g/mol. The van der Waals surface area contributed by atoms with Gasteiger partial charge in [-0.25, -0.2) is 4.79 Å². The molecule has 21 heavy (non-hydrogen) atoms. The van der Waals surface area contributed by atoms with Crippen LogP contribution in [0.4, 0.5) is 13.2 Å². The molecule has 3 nitrogen and oxygen atoms in total. The SMILES string of the molecule is CC[C@H](C)COC(=O)[C@](OC)(c1ccccc1)C(F)(F)F. The van der Waals surface area contributed by atoms with Crippen molar-refractivity contribution in [2.24, 2.45) is 5.92 Å². The molecule has 0 aliphatic rings. The minimum atomic E-state index is -4.92. The van der Waals surface area contributed by atoms with Crippen LogP contribution in [0.5, 0.6) is 0 Å². The van der Waals surface area contributed by atoms with E-state index in [2.05, 4.69) is 4.74 Å². The van der Waals surface area contributed by atoms with Crippen LogP contribution in [0.2, 0.25) is 0 Å². The Kier molecular flexibility index (Phi) is 5.78. The number of carbonyl (C=O) groups excluding carboxylic acids is 1. The number of hydrogen-bond donors (Lipinski definition) is 0. The van der Waals surface area contributed by atoms with Gasteiger partial charge < -0.3 is 9.47 Å². The molecular formula is C15H19F3O3. The van der Waals surface area contributed by atoms with Crippen LogP contribution in [0, 0.1) is 5.92 Å². The van der Waals surface area contributed by atoms with Crippen LogP contribution in [0.15, 0.2) is 30.3 Å². The Hall–Kier alpha value is -1.56. The summed E-state index contributed by atoms with van der Waals surface area (Å²) >= 11 is 0. The van der Waals surface area contributed by atoms with E-state index in [1.807, 2.05) is 6.92 Å². The van der Waals surface area contributed by atoms with Gasteiger partial charge in [0.1, 0.15) is 0 Å². The first-order valence-corrected chi connectivity index (χ1v) is 6.64. The van der Waals surface area contributed by atoms with Gasteiger partial charge in [-0.2, -0.15) is 13.2 Å². The molecule has 0 aliphatic carbocycles. The number of ether oxygens (including phenoxy) is 2. The Morgan fingerprint density at radius 3 is 2.24 bits per heavy atom. The normalized spacial score (nSPS) is 16.1. The fourth-order valence-electron chi connectivity index (χ4n) is 1.82. The molecule has 0 radical (unpaired) electrons. The monoisotopic (exact) mass is 304 g/mol. The lowest BCUT2D eigenvalue weighted by Crippen LogP contribution is -2.52. The summed E-state index contributed by atoms with van der Waals surface area (Å²) in [5, 5.41) is 0. The van der Waals surface area contributed by atoms with Gasteiger partial charge in [-0.15, -0.1) is 0 Å². The lowest BCUT2D eigenvalue weighted by Gasteiger charge is -2.32. The number of benzene rings is 1. The second-order valence-electron chi connectivity index (χ2n) is 4.86. The number of alkyl halides is 3. The number of hydrogen-bond acceptors (Lipinski definition) is 3. The quantitative estimate of drug-likeness (QED) is 0.752. The number of halogens is 3. The Morgan fingerprint density at radius 2 is 1.81 bits per heavy atom. The molecule has 118 valence electrons. The molecule has 1 aromatic rings. The smallest absolute Gasteiger partial charge is 0.432 e. The summed E-state index contributed by atoms with van der Waals surface area (Å²) in [5.41, 5.74) is -3.39. The number of esters is 1. The third-order valence-electron chi connectivity index (χ3n) is 3.37. The van der Waals surface area contributed by atoms with E-state index >= 15 is 0 Å². The van der Waals surface area contributed by atoms with E-state index in [1.54, 1.807) is 13.0 Å². The minimum absolute atomic E-state index is 0.0208. The van der Waals surface area contributed by atoms with E-state index in [0.717, 1.165) is 7.11 Å². The van der Waals surface area contributed by atoms with Crippen molar-refractivity contribution < 1.29 is 27.4 Å². The highest BCUT2D eigenvalue weighted by Crippen LogP contribution is 2.42. The van der Waals surface area contributed by atoms with Crippen molar-refractivity contribution in [2.75, 3.05) is 13.7 Å². The zero-order chi connectivity index (χ0) is 16.1. The van der Waals surface area contributed by atoms with Gasteiger partial charge in [0, 0.05) is 12.7 Å². The minimum Gasteiger partial charge on any atom is -0.463 e. The molecule has 2 atom stereocenters. The van der Waals surface area contributed by atoms with Crippen molar-refractivity contribution in [1.82, 2.24) is 0 Å². The maximum atomic E-state index is 13.5. The molecule has 0 aromatic heterocycles. The first-order valence-electron chi connectivity index (χ1n) is 6.64. The van der Waals surface area contributed by atoms with E-state index in [4.69, 9.17) is 4.74 Å². The fraction of sp³-hybridized carbons (Fsp3) is 0.533. The van der Waals surface area contributed by atoms with Gasteiger partial charge >= 0.3 is 12.1 Å². The zero-order valence-electron chi connectivity index (χ0n) is 12.2. The van der Waals surface area contributed by atoms with Gasteiger partial charge in [0.2, 0.25) is 0 Å².